The SMILES string of the molecule is CCN(CC)c1cc(C)c(=O)cc(C)n1. The molecule has 0 aliphatic carbocycles. The highest BCUT2D eigenvalue weighted by Crippen LogP contribution is 2.09. The maximum atomic E-state index is 11.5. The first-order chi connectivity index (χ1) is 7.08. The summed E-state index contributed by atoms with van der Waals surface area (Å²) >= 11 is 0. The van der Waals surface area contributed by atoms with Crippen LogP contribution in [0.25, 0.3) is 0 Å². The summed E-state index contributed by atoms with van der Waals surface area (Å²) in [4.78, 5) is 18.1. The van der Waals surface area contributed by atoms with Crippen LogP contribution in [-0.4, -0.2) is 18.1 Å². The molecule has 1 aromatic rings. The summed E-state index contributed by atoms with van der Waals surface area (Å²) < 4.78 is 0. The third kappa shape index (κ3) is 2.78. The van der Waals surface area contributed by atoms with Crippen LogP contribution in [-0.2, 0) is 0 Å². The molecule has 0 saturated carbocycles. The first-order valence-corrected chi connectivity index (χ1v) is 5.33. The van der Waals surface area contributed by atoms with E-state index in [-0.39, 0.29) is 5.43 Å². The monoisotopic (exact) mass is 206 g/mol. The van der Waals surface area contributed by atoms with Gasteiger partial charge in [0.25, 0.3) is 0 Å². The molecule has 1 aromatic heterocycles. The Hall–Kier alpha value is -1.38. The van der Waals surface area contributed by atoms with E-state index in [0.29, 0.717) is 0 Å². The van der Waals surface area contributed by atoms with Gasteiger partial charge < -0.3 is 4.90 Å². The zero-order valence-corrected chi connectivity index (χ0v) is 9.87. The third-order valence-corrected chi connectivity index (χ3v) is 2.45. The molecule has 0 N–H and O–H groups in total. The van der Waals surface area contributed by atoms with Gasteiger partial charge >= 0.3 is 0 Å². The van der Waals surface area contributed by atoms with Crippen molar-refractivity contribution in [1.29, 1.82) is 0 Å². The van der Waals surface area contributed by atoms with Crippen molar-refractivity contribution >= 4 is 5.82 Å². The molecule has 82 valence electrons. The predicted octanol–water partition coefficient (Wildman–Crippen LogP) is 1.90. The van der Waals surface area contributed by atoms with E-state index in [2.05, 4.69) is 23.7 Å². The zero-order valence-electron chi connectivity index (χ0n) is 9.87. The van der Waals surface area contributed by atoms with Gasteiger partial charge in [-0.15, -0.1) is 0 Å². The van der Waals surface area contributed by atoms with Crippen molar-refractivity contribution < 1.29 is 0 Å². The number of anilines is 1. The fourth-order valence-electron chi connectivity index (χ4n) is 1.52. The average molecular weight is 206 g/mol. The lowest BCUT2D eigenvalue weighted by atomic mass is 10.3. The Balaban J connectivity index is 3.32. The van der Waals surface area contributed by atoms with Gasteiger partial charge in [0.1, 0.15) is 5.82 Å². The van der Waals surface area contributed by atoms with Crippen LogP contribution in [0.3, 0.4) is 0 Å². The topological polar surface area (TPSA) is 33.2 Å². The Labute approximate surface area is 90.8 Å². The second-order valence-corrected chi connectivity index (χ2v) is 3.62. The Bertz CT molecular complexity index is 397. The molecule has 3 heteroatoms. The minimum absolute atomic E-state index is 0.0541. The van der Waals surface area contributed by atoms with Crippen LogP contribution in [0.1, 0.15) is 25.1 Å². The minimum Gasteiger partial charge on any atom is -0.357 e. The Morgan fingerprint density at radius 3 is 2.33 bits per heavy atom. The van der Waals surface area contributed by atoms with E-state index in [0.717, 1.165) is 30.2 Å². The smallest absolute Gasteiger partial charge is 0.183 e. The molecule has 0 radical (unpaired) electrons. The second kappa shape index (κ2) is 4.91. The molecule has 3 nitrogen and oxygen atoms in total. The standard InChI is InChI=1S/C12H18N2O/c1-5-14(6-2)12-7-9(3)11(15)8-10(4)13-12/h7-8H,5-6H2,1-4H3. The Morgan fingerprint density at radius 2 is 1.80 bits per heavy atom. The van der Waals surface area contributed by atoms with Gasteiger partial charge in [0, 0.05) is 30.4 Å². The van der Waals surface area contributed by atoms with Gasteiger partial charge in [0.2, 0.25) is 0 Å². The van der Waals surface area contributed by atoms with Crippen LogP contribution in [0.4, 0.5) is 5.82 Å². The predicted molar refractivity (Wildman–Crippen MR) is 63.5 cm³/mol. The molecule has 0 aromatic carbocycles. The van der Waals surface area contributed by atoms with Gasteiger partial charge in [-0.05, 0) is 33.8 Å². The molecule has 1 rings (SSSR count). The summed E-state index contributed by atoms with van der Waals surface area (Å²) in [7, 11) is 0. The fraction of sp³-hybridized carbons (Fsp3) is 0.500. The van der Waals surface area contributed by atoms with Crippen LogP contribution in [0.2, 0.25) is 0 Å². The van der Waals surface area contributed by atoms with E-state index in [9.17, 15) is 4.79 Å². The molecule has 0 fully saturated rings. The van der Waals surface area contributed by atoms with Gasteiger partial charge in [-0.1, -0.05) is 0 Å². The average Bonchev–Trinajstić information content (AvgIpc) is 2.29. The lowest BCUT2D eigenvalue weighted by molar-refractivity contribution is 0.844. The molecular formula is C12H18N2O. The molecule has 0 spiro atoms. The highest BCUT2D eigenvalue weighted by Gasteiger charge is 2.04. The molecule has 0 amide bonds. The van der Waals surface area contributed by atoms with Crippen LogP contribution in [0.5, 0.6) is 0 Å². The summed E-state index contributed by atoms with van der Waals surface area (Å²) in [5, 5.41) is 0. The van der Waals surface area contributed by atoms with Gasteiger partial charge in [0.15, 0.2) is 5.43 Å². The molecule has 0 saturated heterocycles. The molecular weight excluding hydrogens is 188 g/mol. The maximum absolute atomic E-state index is 11.5. The molecule has 15 heavy (non-hydrogen) atoms. The number of aryl methyl sites for hydroxylation is 2. The van der Waals surface area contributed by atoms with E-state index in [1.165, 1.54) is 0 Å². The number of hydrogen-bond acceptors (Lipinski definition) is 3. The van der Waals surface area contributed by atoms with Crippen LogP contribution >= 0.6 is 0 Å². The normalized spacial score (nSPS) is 10.1. The van der Waals surface area contributed by atoms with Crippen LogP contribution in [0, 0.1) is 13.8 Å². The molecule has 0 bridgehead atoms. The Morgan fingerprint density at radius 1 is 1.20 bits per heavy atom. The van der Waals surface area contributed by atoms with E-state index in [1.54, 1.807) is 6.07 Å². The lowest BCUT2D eigenvalue weighted by Gasteiger charge is -2.18. The van der Waals surface area contributed by atoms with E-state index in [4.69, 9.17) is 0 Å². The number of nitrogens with zero attached hydrogens (tertiary/aromatic N) is 2. The van der Waals surface area contributed by atoms with Gasteiger partial charge in [-0.3, -0.25) is 4.79 Å². The summed E-state index contributed by atoms with van der Waals surface area (Å²) in [5.74, 6) is 0.886. The Kier molecular flexibility index (Phi) is 3.83. The number of aromatic nitrogens is 1. The van der Waals surface area contributed by atoms with Crippen molar-refractivity contribution in [3.05, 3.63) is 33.6 Å². The van der Waals surface area contributed by atoms with Crippen molar-refractivity contribution in [1.82, 2.24) is 4.98 Å². The largest absolute Gasteiger partial charge is 0.357 e. The molecule has 0 atom stereocenters. The molecule has 0 aliphatic rings. The van der Waals surface area contributed by atoms with E-state index in [1.807, 2.05) is 19.9 Å². The second-order valence-electron chi connectivity index (χ2n) is 3.62. The summed E-state index contributed by atoms with van der Waals surface area (Å²) in [6.45, 7) is 9.66. The highest BCUT2D eigenvalue weighted by atomic mass is 16.1. The number of rotatable bonds is 3. The molecule has 1 heterocycles. The minimum atomic E-state index is 0.0541. The zero-order chi connectivity index (χ0) is 11.4. The van der Waals surface area contributed by atoms with Crippen molar-refractivity contribution in [2.45, 2.75) is 27.7 Å². The number of hydrogen-bond donors (Lipinski definition) is 0. The fourth-order valence-corrected chi connectivity index (χ4v) is 1.52. The molecule has 0 unspecified atom stereocenters. The first kappa shape index (κ1) is 11.7. The van der Waals surface area contributed by atoms with Crippen LogP contribution < -0.4 is 10.3 Å². The van der Waals surface area contributed by atoms with E-state index >= 15 is 0 Å². The van der Waals surface area contributed by atoms with Crippen molar-refractivity contribution in [3.8, 4) is 0 Å². The summed E-state index contributed by atoms with van der Waals surface area (Å²) in [6, 6.07) is 3.45. The first-order valence-electron chi connectivity index (χ1n) is 5.33. The maximum Gasteiger partial charge on any atom is 0.183 e. The van der Waals surface area contributed by atoms with Gasteiger partial charge in [-0.2, -0.15) is 0 Å². The van der Waals surface area contributed by atoms with E-state index < -0.39 is 0 Å². The summed E-state index contributed by atoms with van der Waals surface area (Å²) in [5.41, 5.74) is 1.57. The van der Waals surface area contributed by atoms with Gasteiger partial charge in [0.05, 0.1) is 0 Å². The lowest BCUT2D eigenvalue weighted by Crippen LogP contribution is -2.22. The van der Waals surface area contributed by atoms with Crippen molar-refractivity contribution in [3.63, 3.8) is 0 Å². The quantitative estimate of drug-likeness (QED) is 0.757. The van der Waals surface area contributed by atoms with Crippen LogP contribution in [0.15, 0.2) is 16.9 Å². The van der Waals surface area contributed by atoms with Crippen molar-refractivity contribution in [2.75, 3.05) is 18.0 Å². The highest BCUT2D eigenvalue weighted by molar-refractivity contribution is 5.40. The van der Waals surface area contributed by atoms with Gasteiger partial charge in [-0.25, -0.2) is 4.98 Å². The summed E-state index contributed by atoms with van der Waals surface area (Å²) in [6.07, 6.45) is 0. The third-order valence-electron chi connectivity index (χ3n) is 2.45. The molecule has 0 aliphatic heterocycles. The van der Waals surface area contributed by atoms with Crippen molar-refractivity contribution in [2.24, 2.45) is 0 Å².